The number of sulfonamides is 1. The molecule has 0 aliphatic heterocycles. The van der Waals surface area contributed by atoms with Gasteiger partial charge in [-0.25, -0.2) is 13.1 Å². The molecule has 2 N–H and O–H groups in total. The van der Waals surface area contributed by atoms with E-state index in [2.05, 4.69) is 4.72 Å². The fourth-order valence-electron chi connectivity index (χ4n) is 2.19. The van der Waals surface area contributed by atoms with Crippen molar-refractivity contribution in [2.75, 3.05) is 6.26 Å². The number of aliphatic hydroxyl groups is 1. The van der Waals surface area contributed by atoms with E-state index in [-0.39, 0.29) is 12.6 Å². The van der Waals surface area contributed by atoms with Crippen LogP contribution in [0.3, 0.4) is 0 Å². The Morgan fingerprint density at radius 2 is 2.28 bits per heavy atom. The van der Waals surface area contributed by atoms with Crippen LogP contribution in [0.4, 0.5) is 0 Å². The highest BCUT2D eigenvalue weighted by molar-refractivity contribution is 7.99. The fraction of sp³-hybridized carbons (Fsp3) is 0.636. The normalized spacial score (nSPS) is 24.6. The van der Waals surface area contributed by atoms with Gasteiger partial charge < -0.3 is 5.11 Å². The van der Waals surface area contributed by atoms with Crippen molar-refractivity contribution >= 4 is 33.1 Å². The zero-order valence-corrected chi connectivity index (χ0v) is 12.6. The molecule has 2 atom stereocenters. The molecular formula is C11H17NO3S3. The van der Waals surface area contributed by atoms with E-state index in [9.17, 15) is 8.42 Å². The van der Waals surface area contributed by atoms with E-state index in [0.29, 0.717) is 14.3 Å². The highest BCUT2D eigenvalue weighted by atomic mass is 32.2. The predicted octanol–water partition coefficient (Wildman–Crippen LogP) is 1.80. The molecule has 1 aromatic heterocycles. The minimum Gasteiger partial charge on any atom is -0.391 e. The lowest BCUT2D eigenvalue weighted by molar-refractivity contribution is 0.285. The van der Waals surface area contributed by atoms with Gasteiger partial charge in [-0.15, -0.1) is 11.3 Å². The number of rotatable bonds is 5. The molecule has 0 aromatic carbocycles. The largest absolute Gasteiger partial charge is 0.391 e. The van der Waals surface area contributed by atoms with Crippen molar-refractivity contribution in [2.45, 2.75) is 41.4 Å². The monoisotopic (exact) mass is 307 g/mol. The number of hydrogen-bond acceptors (Lipinski definition) is 5. The standard InChI is InChI=1S/C11H17NO3S3/c1-16-10-4-2-3-9(10)12-18(14,15)11-6-5-8(7-13)17-11/h5-6,9-10,12-13H,2-4,7H2,1H3. The van der Waals surface area contributed by atoms with Crippen LogP contribution >= 0.6 is 23.1 Å². The summed E-state index contributed by atoms with van der Waals surface area (Å²) in [6, 6.07) is 3.24. The second kappa shape index (κ2) is 5.92. The Hall–Kier alpha value is -0.0800. The molecule has 0 radical (unpaired) electrons. The third-order valence-corrected chi connectivity index (χ3v) is 7.34. The van der Waals surface area contributed by atoms with E-state index in [1.807, 2.05) is 6.26 Å². The van der Waals surface area contributed by atoms with Crippen LogP contribution in [-0.2, 0) is 16.6 Å². The van der Waals surface area contributed by atoms with Gasteiger partial charge in [0.2, 0.25) is 10.0 Å². The fourth-order valence-corrected chi connectivity index (χ4v) is 5.75. The zero-order valence-electron chi connectivity index (χ0n) is 10.1. The van der Waals surface area contributed by atoms with Gasteiger partial charge in [0.05, 0.1) is 6.61 Å². The highest BCUT2D eigenvalue weighted by Gasteiger charge is 2.31. The van der Waals surface area contributed by atoms with Crippen LogP contribution in [0.5, 0.6) is 0 Å². The van der Waals surface area contributed by atoms with Crippen LogP contribution in [0.1, 0.15) is 24.1 Å². The first-order chi connectivity index (χ1) is 8.56. The second-order valence-electron chi connectivity index (χ2n) is 4.31. The van der Waals surface area contributed by atoms with E-state index in [1.54, 1.807) is 23.9 Å². The Kier molecular flexibility index (Phi) is 4.71. The quantitative estimate of drug-likeness (QED) is 0.870. The molecule has 4 nitrogen and oxygen atoms in total. The van der Waals surface area contributed by atoms with E-state index in [4.69, 9.17) is 5.11 Å². The Balaban J connectivity index is 2.11. The molecule has 1 heterocycles. The molecule has 102 valence electrons. The number of thioether (sulfide) groups is 1. The minimum atomic E-state index is -3.43. The topological polar surface area (TPSA) is 66.4 Å². The van der Waals surface area contributed by atoms with Gasteiger partial charge in [0, 0.05) is 16.2 Å². The maximum atomic E-state index is 12.2. The molecule has 1 aliphatic carbocycles. The van der Waals surface area contributed by atoms with Crippen molar-refractivity contribution in [1.29, 1.82) is 0 Å². The maximum Gasteiger partial charge on any atom is 0.250 e. The van der Waals surface area contributed by atoms with Crippen LogP contribution in [0, 0.1) is 0 Å². The predicted molar refractivity (Wildman–Crippen MR) is 75.5 cm³/mol. The Bertz CT molecular complexity index is 497. The maximum absolute atomic E-state index is 12.2. The van der Waals surface area contributed by atoms with Crippen molar-refractivity contribution in [1.82, 2.24) is 4.72 Å². The molecule has 2 rings (SSSR count). The van der Waals surface area contributed by atoms with Gasteiger partial charge in [-0.2, -0.15) is 11.8 Å². The first-order valence-corrected chi connectivity index (χ1v) is 9.40. The van der Waals surface area contributed by atoms with Crippen LogP contribution in [0.15, 0.2) is 16.3 Å². The lowest BCUT2D eigenvalue weighted by Gasteiger charge is -2.18. The lowest BCUT2D eigenvalue weighted by atomic mass is 10.3. The van der Waals surface area contributed by atoms with Gasteiger partial charge in [-0.05, 0) is 31.2 Å². The summed E-state index contributed by atoms with van der Waals surface area (Å²) in [5, 5.41) is 9.35. The molecule has 0 saturated heterocycles. The van der Waals surface area contributed by atoms with Crippen molar-refractivity contribution < 1.29 is 13.5 Å². The van der Waals surface area contributed by atoms with Gasteiger partial charge in [0.1, 0.15) is 4.21 Å². The molecule has 0 amide bonds. The summed E-state index contributed by atoms with van der Waals surface area (Å²) in [7, 11) is -3.43. The van der Waals surface area contributed by atoms with E-state index in [0.717, 1.165) is 30.6 Å². The third kappa shape index (κ3) is 3.08. The average molecular weight is 307 g/mol. The number of aliphatic hydroxyl groups excluding tert-OH is 1. The molecule has 1 aliphatic rings. The van der Waals surface area contributed by atoms with Crippen molar-refractivity contribution in [3.05, 3.63) is 17.0 Å². The second-order valence-corrected chi connectivity index (χ2v) is 8.50. The Labute approximate surface area is 116 Å². The van der Waals surface area contributed by atoms with Crippen LogP contribution in [-0.4, -0.2) is 31.1 Å². The lowest BCUT2D eigenvalue weighted by Crippen LogP contribution is -2.38. The molecule has 1 fully saturated rings. The molecular weight excluding hydrogens is 290 g/mol. The van der Waals surface area contributed by atoms with E-state index < -0.39 is 10.0 Å². The average Bonchev–Trinajstić information content (AvgIpc) is 2.96. The van der Waals surface area contributed by atoms with Gasteiger partial charge in [0.25, 0.3) is 0 Å². The molecule has 18 heavy (non-hydrogen) atoms. The summed E-state index contributed by atoms with van der Waals surface area (Å²) >= 11 is 2.85. The van der Waals surface area contributed by atoms with Crippen LogP contribution < -0.4 is 4.72 Å². The summed E-state index contributed by atoms with van der Waals surface area (Å²) in [4.78, 5) is 0.670. The number of nitrogens with one attached hydrogen (secondary N) is 1. The SMILES string of the molecule is CSC1CCCC1NS(=O)(=O)c1ccc(CO)s1. The smallest absolute Gasteiger partial charge is 0.250 e. The molecule has 0 spiro atoms. The molecule has 2 unspecified atom stereocenters. The first kappa shape index (κ1) is 14.3. The van der Waals surface area contributed by atoms with E-state index in [1.165, 1.54) is 0 Å². The van der Waals surface area contributed by atoms with Crippen LogP contribution in [0.2, 0.25) is 0 Å². The van der Waals surface area contributed by atoms with Gasteiger partial charge in [-0.3, -0.25) is 0 Å². The van der Waals surface area contributed by atoms with Gasteiger partial charge in [-0.1, -0.05) is 6.42 Å². The Morgan fingerprint density at radius 3 is 2.89 bits per heavy atom. The molecule has 0 bridgehead atoms. The first-order valence-electron chi connectivity index (χ1n) is 5.81. The van der Waals surface area contributed by atoms with Gasteiger partial charge in [0.15, 0.2) is 0 Å². The molecule has 1 saturated carbocycles. The number of thiophene rings is 1. The third-order valence-electron chi connectivity index (χ3n) is 3.12. The summed E-state index contributed by atoms with van der Waals surface area (Å²) in [5.74, 6) is 0. The van der Waals surface area contributed by atoms with E-state index >= 15 is 0 Å². The van der Waals surface area contributed by atoms with Gasteiger partial charge >= 0.3 is 0 Å². The zero-order chi connectivity index (χ0) is 13.2. The molecule has 1 aromatic rings. The highest BCUT2D eigenvalue weighted by Crippen LogP contribution is 2.30. The van der Waals surface area contributed by atoms with Crippen molar-refractivity contribution in [2.24, 2.45) is 0 Å². The van der Waals surface area contributed by atoms with Crippen molar-refractivity contribution in [3.63, 3.8) is 0 Å². The summed E-state index contributed by atoms with van der Waals surface area (Å²) < 4.78 is 27.5. The number of hydrogen-bond donors (Lipinski definition) is 2. The summed E-state index contributed by atoms with van der Waals surface area (Å²) in [6.45, 7) is -0.114. The Morgan fingerprint density at radius 1 is 1.50 bits per heavy atom. The molecule has 7 heteroatoms. The summed E-state index contributed by atoms with van der Waals surface area (Å²) in [6.07, 6.45) is 5.07. The van der Waals surface area contributed by atoms with Crippen LogP contribution in [0.25, 0.3) is 0 Å². The van der Waals surface area contributed by atoms with Crippen molar-refractivity contribution in [3.8, 4) is 0 Å². The minimum absolute atomic E-state index is 0.0321. The summed E-state index contributed by atoms with van der Waals surface area (Å²) in [5.41, 5.74) is 0.